The van der Waals surface area contributed by atoms with E-state index in [1.54, 1.807) is 0 Å². The highest BCUT2D eigenvalue weighted by Crippen LogP contribution is 2.55. The van der Waals surface area contributed by atoms with Crippen LogP contribution in [0.3, 0.4) is 0 Å². The SMILES string of the molecule is CCCCCCCCC1(CCCCCCCC)c2cc(C=C(c3cccc4ccccc34)c3cccc4ccccc34)ccc2-c2ccc(C=C(c3cccc4ccccc34)c3cccc4ccccc34)cc21. The zero-order valence-electron chi connectivity index (χ0n) is 43.2. The van der Waals surface area contributed by atoms with Gasteiger partial charge >= 0.3 is 0 Å². The van der Waals surface area contributed by atoms with Crippen molar-refractivity contribution < 1.29 is 0 Å². The molecule has 0 heteroatoms. The van der Waals surface area contributed by atoms with Gasteiger partial charge in [0, 0.05) is 5.41 Å². The minimum Gasteiger partial charge on any atom is -0.0654 e. The van der Waals surface area contributed by atoms with Gasteiger partial charge in [-0.1, -0.05) is 297 Å². The minimum absolute atomic E-state index is 0.105. The lowest BCUT2D eigenvalue weighted by Crippen LogP contribution is -2.25. The van der Waals surface area contributed by atoms with Crippen molar-refractivity contribution in [3.63, 3.8) is 0 Å². The third-order valence-corrected chi connectivity index (χ3v) is 16.3. The van der Waals surface area contributed by atoms with E-state index < -0.39 is 0 Å². The van der Waals surface area contributed by atoms with Crippen molar-refractivity contribution >= 4 is 66.4 Å². The number of rotatable bonds is 20. The van der Waals surface area contributed by atoms with Crippen molar-refractivity contribution in [2.24, 2.45) is 0 Å². The van der Waals surface area contributed by atoms with E-state index in [1.807, 2.05) is 0 Å². The average Bonchev–Trinajstić information content (AvgIpc) is 3.71. The Labute approximate surface area is 435 Å². The van der Waals surface area contributed by atoms with E-state index in [9.17, 15) is 0 Å². The molecule has 73 heavy (non-hydrogen) atoms. The molecule has 10 aromatic carbocycles. The summed E-state index contributed by atoms with van der Waals surface area (Å²) >= 11 is 0. The van der Waals surface area contributed by atoms with E-state index >= 15 is 0 Å². The Balaban J connectivity index is 1.10. The van der Waals surface area contributed by atoms with Crippen molar-refractivity contribution in [2.45, 2.75) is 109 Å². The van der Waals surface area contributed by atoms with Crippen LogP contribution in [0.1, 0.15) is 148 Å². The number of hydrogen-bond acceptors (Lipinski definition) is 0. The molecule has 0 saturated carbocycles. The molecule has 0 unspecified atom stereocenters. The number of fused-ring (bicyclic) bond motifs is 7. The van der Waals surface area contributed by atoms with Crippen LogP contribution < -0.4 is 0 Å². The predicted octanol–water partition coefficient (Wildman–Crippen LogP) is 21.2. The van der Waals surface area contributed by atoms with Gasteiger partial charge in [0.15, 0.2) is 0 Å². The highest BCUT2D eigenvalue weighted by molar-refractivity contribution is 6.10. The zero-order valence-corrected chi connectivity index (χ0v) is 43.2. The fraction of sp³-hybridized carbons (Fsp3) is 0.233. The van der Waals surface area contributed by atoms with Crippen molar-refractivity contribution in [1.29, 1.82) is 0 Å². The summed E-state index contributed by atoms with van der Waals surface area (Å²) in [5, 5.41) is 10.2. The molecule has 0 heterocycles. The molecule has 0 radical (unpaired) electrons. The lowest BCUT2D eigenvalue weighted by molar-refractivity contribution is 0.398. The molecule has 0 N–H and O–H groups in total. The quantitative estimate of drug-likeness (QED) is 0.0528. The van der Waals surface area contributed by atoms with Crippen molar-refractivity contribution in [1.82, 2.24) is 0 Å². The normalized spacial score (nSPS) is 12.6. The van der Waals surface area contributed by atoms with Crippen LogP contribution in [-0.4, -0.2) is 0 Å². The summed E-state index contributed by atoms with van der Waals surface area (Å²) in [6.45, 7) is 4.66. The third kappa shape index (κ3) is 9.86. The lowest BCUT2D eigenvalue weighted by atomic mass is 9.70. The molecular formula is C73H70. The van der Waals surface area contributed by atoms with Crippen LogP contribution in [0.5, 0.6) is 0 Å². The second-order valence-corrected chi connectivity index (χ2v) is 21.0. The summed E-state index contributed by atoms with van der Waals surface area (Å²) in [5.41, 5.74) is 15.9. The van der Waals surface area contributed by atoms with E-state index in [0.717, 1.165) is 12.8 Å². The Morgan fingerprint density at radius 3 is 0.959 bits per heavy atom. The van der Waals surface area contributed by atoms with Crippen LogP contribution in [-0.2, 0) is 5.41 Å². The molecular weight excluding hydrogens is 877 g/mol. The maximum atomic E-state index is 2.63. The summed E-state index contributed by atoms with van der Waals surface area (Å²) in [5.74, 6) is 0. The molecule has 1 aliphatic carbocycles. The molecule has 0 bridgehead atoms. The Morgan fingerprint density at radius 2 is 0.616 bits per heavy atom. The molecule has 362 valence electrons. The Bertz CT molecular complexity index is 3190. The van der Waals surface area contributed by atoms with Crippen LogP contribution in [0.25, 0.3) is 77.5 Å². The smallest absolute Gasteiger partial charge is 0.0215 e. The monoisotopic (exact) mass is 947 g/mol. The molecule has 0 atom stereocenters. The summed E-state index contributed by atoms with van der Waals surface area (Å²) in [4.78, 5) is 0. The fourth-order valence-corrected chi connectivity index (χ4v) is 12.6. The second-order valence-electron chi connectivity index (χ2n) is 21.0. The second kappa shape index (κ2) is 22.2. The first-order chi connectivity index (χ1) is 36.1. The predicted molar refractivity (Wildman–Crippen MR) is 318 cm³/mol. The first-order valence-electron chi connectivity index (χ1n) is 27.8. The first-order valence-corrected chi connectivity index (χ1v) is 27.8. The topological polar surface area (TPSA) is 0 Å². The van der Waals surface area contributed by atoms with Gasteiger partial charge in [-0.25, -0.2) is 0 Å². The van der Waals surface area contributed by atoms with Crippen LogP contribution in [0.15, 0.2) is 206 Å². The van der Waals surface area contributed by atoms with Gasteiger partial charge in [0.05, 0.1) is 0 Å². The van der Waals surface area contributed by atoms with Crippen LogP contribution in [0, 0.1) is 0 Å². The summed E-state index contributed by atoms with van der Waals surface area (Å²) in [6, 6.07) is 78.0. The van der Waals surface area contributed by atoms with E-state index in [4.69, 9.17) is 0 Å². The van der Waals surface area contributed by atoms with E-state index in [2.05, 4.69) is 232 Å². The Morgan fingerprint density at radius 1 is 0.315 bits per heavy atom. The van der Waals surface area contributed by atoms with Gasteiger partial charge in [0.2, 0.25) is 0 Å². The number of hydrogen-bond donors (Lipinski definition) is 0. The van der Waals surface area contributed by atoms with Crippen molar-refractivity contribution in [3.8, 4) is 11.1 Å². The Kier molecular flexibility index (Phi) is 14.6. The summed E-state index contributed by atoms with van der Waals surface area (Å²) in [6.07, 6.45) is 22.8. The van der Waals surface area contributed by atoms with Crippen LogP contribution in [0.4, 0.5) is 0 Å². The van der Waals surface area contributed by atoms with Crippen molar-refractivity contribution in [2.75, 3.05) is 0 Å². The van der Waals surface area contributed by atoms with Crippen LogP contribution >= 0.6 is 0 Å². The van der Waals surface area contributed by atoms with Gasteiger partial charge in [-0.05, 0) is 135 Å². The van der Waals surface area contributed by atoms with E-state index in [0.29, 0.717) is 0 Å². The standard InChI is InChI=1S/C73H70/c1-3-5-7-9-11-21-47-73(48-22-12-10-8-6-4-2)71-51-53(49-69(63-39-23-31-55-27-13-17-35-59(55)63)64-40-24-32-56-28-14-18-36-60(56)64)43-45-67(71)68-46-44-54(52-72(68)73)50-70(65-41-25-33-57-29-15-19-37-61(57)65)66-42-26-34-58-30-16-20-38-62(58)66/h13-20,23-46,49-52H,3-12,21-22,47-48H2,1-2H3. The zero-order chi connectivity index (χ0) is 49.4. The Hall–Kier alpha value is -7.28. The number of unbranched alkanes of at least 4 members (excludes halogenated alkanes) is 10. The fourth-order valence-electron chi connectivity index (χ4n) is 12.6. The minimum atomic E-state index is -0.105. The highest BCUT2D eigenvalue weighted by atomic mass is 14.5. The third-order valence-electron chi connectivity index (χ3n) is 16.3. The maximum absolute atomic E-state index is 2.63. The average molecular weight is 947 g/mol. The lowest BCUT2D eigenvalue weighted by Gasteiger charge is -2.33. The maximum Gasteiger partial charge on any atom is 0.0215 e. The number of benzene rings is 10. The van der Waals surface area contributed by atoms with Gasteiger partial charge < -0.3 is 0 Å². The molecule has 0 spiro atoms. The summed E-state index contributed by atoms with van der Waals surface area (Å²) in [7, 11) is 0. The molecule has 0 amide bonds. The molecule has 0 aliphatic heterocycles. The molecule has 11 rings (SSSR count). The van der Waals surface area contributed by atoms with Crippen LogP contribution in [0.2, 0.25) is 0 Å². The summed E-state index contributed by atoms with van der Waals surface area (Å²) < 4.78 is 0. The first kappa shape index (κ1) is 48.0. The molecule has 1 aliphatic rings. The molecule has 0 nitrogen and oxygen atoms in total. The van der Waals surface area contributed by atoms with Gasteiger partial charge in [0.25, 0.3) is 0 Å². The molecule has 0 fully saturated rings. The molecule has 10 aromatic rings. The van der Waals surface area contributed by atoms with Crippen molar-refractivity contribution in [3.05, 3.63) is 251 Å². The highest BCUT2D eigenvalue weighted by Gasteiger charge is 2.42. The molecule has 0 aromatic heterocycles. The van der Waals surface area contributed by atoms with Gasteiger partial charge in [-0.15, -0.1) is 0 Å². The van der Waals surface area contributed by atoms with Gasteiger partial charge in [-0.2, -0.15) is 0 Å². The van der Waals surface area contributed by atoms with Gasteiger partial charge in [0.1, 0.15) is 0 Å². The van der Waals surface area contributed by atoms with Gasteiger partial charge in [-0.3, -0.25) is 0 Å². The largest absolute Gasteiger partial charge is 0.0654 e. The molecule has 0 saturated heterocycles. The van der Waals surface area contributed by atoms with E-state index in [-0.39, 0.29) is 5.41 Å². The van der Waals surface area contributed by atoms with E-state index in [1.165, 1.54) is 187 Å².